The minimum Gasteiger partial charge on any atom is -0.493 e. The van der Waals surface area contributed by atoms with Gasteiger partial charge in [0.2, 0.25) is 0 Å². The van der Waals surface area contributed by atoms with Gasteiger partial charge in [-0.3, -0.25) is 4.79 Å². The number of ether oxygens (including phenoxy) is 1. The molecule has 1 aliphatic carbocycles. The van der Waals surface area contributed by atoms with Crippen LogP contribution in [0, 0.1) is 11.8 Å². The van der Waals surface area contributed by atoms with Crippen LogP contribution in [0.15, 0.2) is 24.3 Å². The zero-order valence-electron chi connectivity index (χ0n) is 10.2. The van der Waals surface area contributed by atoms with Crippen molar-refractivity contribution in [2.45, 2.75) is 32.1 Å². The van der Waals surface area contributed by atoms with Gasteiger partial charge in [-0.1, -0.05) is 25.1 Å². The lowest BCUT2D eigenvalue weighted by Crippen LogP contribution is -2.14. The summed E-state index contributed by atoms with van der Waals surface area (Å²) in [6, 6.07) is 8.29. The van der Waals surface area contributed by atoms with Crippen molar-refractivity contribution in [2.75, 3.05) is 6.61 Å². The summed E-state index contributed by atoms with van der Waals surface area (Å²) in [6.45, 7) is 2.87. The lowest BCUT2D eigenvalue weighted by atomic mass is 9.85. The van der Waals surface area contributed by atoms with E-state index in [1.807, 2.05) is 12.1 Å². The molecule has 0 aromatic heterocycles. The van der Waals surface area contributed by atoms with E-state index in [9.17, 15) is 4.79 Å². The first-order chi connectivity index (χ1) is 8.25. The highest BCUT2D eigenvalue weighted by Crippen LogP contribution is 2.41. The Kier molecular flexibility index (Phi) is 2.65. The fraction of sp³-hybridized carbons (Fsp3) is 0.533. The summed E-state index contributed by atoms with van der Waals surface area (Å²) in [7, 11) is 0. The maximum absolute atomic E-state index is 11.6. The van der Waals surface area contributed by atoms with Crippen molar-refractivity contribution in [3.8, 4) is 5.75 Å². The van der Waals surface area contributed by atoms with Gasteiger partial charge in [0.05, 0.1) is 6.61 Å². The summed E-state index contributed by atoms with van der Waals surface area (Å²) in [5.74, 6) is 2.78. The van der Waals surface area contributed by atoms with Gasteiger partial charge >= 0.3 is 0 Å². The molecule has 1 aromatic rings. The third-order valence-corrected chi connectivity index (χ3v) is 4.36. The van der Waals surface area contributed by atoms with Crippen LogP contribution in [0.4, 0.5) is 0 Å². The van der Waals surface area contributed by atoms with Crippen molar-refractivity contribution in [1.82, 2.24) is 0 Å². The molecule has 1 saturated carbocycles. The Balaban J connectivity index is 1.74. The second-order valence-electron chi connectivity index (χ2n) is 5.34. The normalized spacial score (nSPS) is 31.4. The molecule has 3 atom stereocenters. The summed E-state index contributed by atoms with van der Waals surface area (Å²) in [5.41, 5.74) is 1.33. The standard InChI is InChI=1S/C15H18O2/c1-10-11(6-7-14(10)16)8-12-9-17-15-5-3-2-4-13(12)15/h2-5,10-12H,6-9H2,1H3. The van der Waals surface area contributed by atoms with Crippen molar-refractivity contribution in [1.29, 1.82) is 0 Å². The molecule has 2 heteroatoms. The second kappa shape index (κ2) is 4.17. The molecule has 1 fully saturated rings. The number of benzene rings is 1. The van der Waals surface area contributed by atoms with E-state index in [0.29, 0.717) is 17.6 Å². The average Bonchev–Trinajstić information content (AvgIpc) is 2.89. The van der Waals surface area contributed by atoms with Gasteiger partial charge in [-0.25, -0.2) is 0 Å². The SMILES string of the molecule is CC1C(=O)CCC1CC1COc2ccccc21. The molecular weight excluding hydrogens is 212 g/mol. The Hall–Kier alpha value is -1.31. The molecular formula is C15H18O2. The number of ketones is 1. The number of rotatable bonds is 2. The number of hydrogen-bond acceptors (Lipinski definition) is 2. The molecule has 1 heterocycles. The topological polar surface area (TPSA) is 26.3 Å². The smallest absolute Gasteiger partial charge is 0.135 e. The van der Waals surface area contributed by atoms with E-state index in [4.69, 9.17) is 4.74 Å². The number of hydrogen-bond donors (Lipinski definition) is 0. The highest BCUT2D eigenvalue weighted by Gasteiger charge is 2.35. The fourth-order valence-corrected chi connectivity index (χ4v) is 3.18. The maximum Gasteiger partial charge on any atom is 0.135 e. The molecule has 3 rings (SSSR count). The average molecular weight is 230 g/mol. The van der Waals surface area contributed by atoms with Crippen molar-refractivity contribution in [3.63, 3.8) is 0 Å². The van der Waals surface area contributed by atoms with Crippen LogP contribution in [-0.4, -0.2) is 12.4 Å². The molecule has 3 unspecified atom stereocenters. The van der Waals surface area contributed by atoms with Gasteiger partial charge in [0, 0.05) is 23.8 Å². The third-order valence-electron chi connectivity index (χ3n) is 4.36. The maximum atomic E-state index is 11.6. The zero-order valence-corrected chi connectivity index (χ0v) is 10.2. The summed E-state index contributed by atoms with van der Waals surface area (Å²) >= 11 is 0. The highest BCUT2D eigenvalue weighted by atomic mass is 16.5. The molecule has 0 amide bonds. The number of carbonyl (C=O) groups excluding carboxylic acids is 1. The molecule has 0 bridgehead atoms. The van der Waals surface area contributed by atoms with Gasteiger partial charge in [0.25, 0.3) is 0 Å². The number of fused-ring (bicyclic) bond motifs is 1. The van der Waals surface area contributed by atoms with Gasteiger partial charge in [-0.15, -0.1) is 0 Å². The molecule has 0 spiro atoms. The molecule has 1 aliphatic heterocycles. The molecule has 2 aliphatic rings. The van der Waals surface area contributed by atoms with Crippen LogP contribution in [0.3, 0.4) is 0 Å². The third kappa shape index (κ3) is 1.86. The Bertz CT molecular complexity index is 438. The first-order valence-electron chi connectivity index (χ1n) is 6.50. The van der Waals surface area contributed by atoms with Crippen molar-refractivity contribution < 1.29 is 9.53 Å². The number of carbonyl (C=O) groups is 1. The van der Waals surface area contributed by atoms with Gasteiger partial charge in [0.1, 0.15) is 11.5 Å². The quantitative estimate of drug-likeness (QED) is 0.780. The van der Waals surface area contributed by atoms with Gasteiger partial charge in [0.15, 0.2) is 0 Å². The van der Waals surface area contributed by atoms with Crippen LogP contribution in [0.1, 0.15) is 37.7 Å². The Labute approximate surface area is 102 Å². The summed E-state index contributed by atoms with van der Waals surface area (Å²) in [6.07, 6.45) is 2.95. The Morgan fingerprint density at radius 3 is 2.94 bits per heavy atom. The Morgan fingerprint density at radius 1 is 1.35 bits per heavy atom. The van der Waals surface area contributed by atoms with Crippen molar-refractivity contribution >= 4 is 5.78 Å². The van der Waals surface area contributed by atoms with Crippen LogP contribution in [0.2, 0.25) is 0 Å². The molecule has 17 heavy (non-hydrogen) atoms. The fourth-order valence-electron chi connectivity index (χ4n) is 3.18. The first kappa shape index (κ1) is 10.8. The predicted octanol–water partition coefficient (Wildman–Crippen LogP) is 3.17. The highest BCUT2D eigenvalue weighted by molar-refractivity contribution is 5.83. The molecule has 90 valence electrons. The molecule has 2 nitrogen and oxygen atoms in total. The Morgan fingerprint density at radius 2 is 2.18 bits per heavy atom. The lowest BCUT2D eigenvalue weighted by Gasteiger charge is -2.18. The van der Waals surface area contributed by atoms with Crippen LogP contribution in [0.5, 0.6) is 5.75 Å². The predicted molar refractivity (Wildman–Crippen MR) is 66.2 cm³/mol. The minimum absolute atomic E-state index is 0.253. The van der Waals surface area contributed by atoms with Crippen molar-refractivity contribution in [3.05, 3.63) is 29.8 Å². The molecule has 1 aromatic carbocycles. The van der Waals surface area contributed by atoms with Gasteiger partial charge < -0.3 is 4.74 Å². The van der Waals surface area contributed by atoms with E-state index in [-0.39, 0.29) is 5.92 Å². The molecule has 0 N–H and O–H groups in total. The van der Waals surface area contributed by atoms with Crippen LogP contribution < -0.4 is 4.74 Å². The molecule has 0 saturated heterocycles. The summed E-state index contributed by atoms with van der Waals surface area (Å²) < 4.78 is 5.70. The monoisotopic (exact) mass is 230 g/mol. The zero-order chi connectivity index (χ0) is 11.8. The lowest BCUT2D eigenvalue weighted by molar-refractivity contribution is -0.120. The van der Waals surface area contributed by atoms with Crippen LogP contribution in [-0.2, 0) is 4.79 Å². The van der Waals surface area contributed by atoms with Gasteiger partial charge in [-0.2, -0.15) is 0 Å². The summed E-state index contributed by atoms with van der Waals surface area (Å²) in [5, 5.41) is 0. The van der Waals surface area contributed by atoms with Crippen LogP contribution in [0.25, 0.3) is 0 Å². The van der Waals surface area contributed by atoms with E-state index in [1.165, 1.54) is 5.56 Å². The van der Waals surface area contributed by atoms with Gasteiger partial charge in [-0.05, 0) is 24.8 Å². The molecule has 0 radical (unpaired) electrons. The second-order valence-corrected chi connectivity index (χ2v) is 5.34. The van der Waals surface area contributed by atoms with Crippen molar-refractivity contribution in [2.24, 2.45) is 11.8 Å². The largest absolute Gasteiger partial charge is 0.493 e. The van der Waals surface area contributed by atoms with E-state index >= 15 is 0 Å². The first-order valence-corrected chi connectivity index (χ1v) is 6.50. The van der Waals surface area contributed by atoms with E-state index in [0.717, 1.165) is 31.6 Å². The number of Topliss-reactive ketones (excluding diaryl/α,β-unsaturated/α-hetero) is 1. The van der Waals surface area contributed by atoms with E-state index < -0.39 is 0 Å². The van der Waals surface area contributed by atoms with E-state index in [1.54, 1.807) is 0 Å². The summed E-state index contributed by atoms with van der Waals surface area (Å²) in [4.78, 5) is 11.6. The minimum atomic E-state index is 0.253. The number of para-hydroxylation sites is 1. The van der Waals surface area contributed by atoms with E-state index in [2.05, 4.69) is 19.1 Å². The van der Waals surface area contributed by atoms with Crippen LogP contribution >= 0.6 is 0 Å².